The van der Waals surface area contributed by atoms with E-state index in [1.165, 1.54) is 27.7 Å². The highest BCUT2D eigenvalue weighted by Crippen LogP contribution is 2.28. The van der Waals surface area contributed by atoms with Crippen molar-refractivity contribution in [1.29, 1.82) is 0 Å². The van der Waals surface area contributed by atoms with Crippen LogP contribution in [0.15, 0.2) is 48.6 Å². The van der Waals surface area contributed by atoms with Crippen LogP contribution in [0.1, 0.15) is 27.7 Å². The Balaban J connectivity index is 6.60. The summed E-state index contributed by atoms with van der Waals surface area (Å²) in [6.45, 7) is 21.7. The molecule has 166 valence electrons. The third-order valence-electron chi connectivity index (χ3n) is 4.23. The molecule has 0 heterocycles. The maximum atomic E-state index is 13.3. The van der Waals surface area contributed by atoms with Crippen molar-refractivity contribution < 1.29 is 19.2 Å². The van der Waals surface area contributed by atoms with Crippen LogP contribution in [0, 0.1) is 0 Å². The van der Waals surface area contributed by atoms with Crippen LogP contribution in [-0.2, 0) is 19.2 Å². The predicted molar refractivity (Wildman–Crippen MR) is 119 cm³/mol. The summed E-state index contributed by atoms with van der Waals surface area (Å²) >= 11 is 0. The van der Waals surface area contributed by atoms with Crippen LogP contribution >= 0.6 is 0 Å². The number of carbonyl (C=O) groups is 4. The number of rotatable bonds is 14. The van der Waals surface area contributed by atoms with E-state index in [1.54, 1.807) is 0 Å². The molecule has 0 spiro atoms. The molecule has 0 aromatic heterocycles. The number of amides is 2. The summed E-state index contributed by atoms with van der Waals surface area (Å²) in [7, 11) is 0. The smallest absolute Gasteiger partial charge is 0.257 e. The third kappa shape index (κ3) is 6.41. The summed E-state index contributed by atoms with van der Waals surface area (Å²) in [5.74, 6) is -3.23. The molecule has 0 atom stereocenters. The zero-order chi connectivity index (χ0) is 23.6. The van der Waals surface area contributed by atoms with Gasteiger partial charge in [-0.05, 0) is 38.8 Å². The van der Waals surface area contributed by atoms with Crippen LogP contribution in [0.5, 0.6) is 0 Å². The standard InChI is InChI=1S/C22H34N4O4/c1-14(2)18(27)22(19(28)15(3)4,13-25-12-11-24-10-9-23)26(20(29)16(5)6)21(30)17(7)8/h24-25H,1,3,5,7,9-13,23H2,2,4,6,8H3. The van der Waals surface area contributed by atoms with E-state index in [2.05, 4.69) is 36.9 Å². The van der Waals surface area contributed by atoms with Gasteiger partial charge in [0, 0.05) is 43.9 Å². The van der Waals surface area contributed by atoms with Gasteiger partial charge >= 0.3 is 0 Å². The number of nitrogens with one attached hydrogen (secondary N) is 2. The molecule has 8 heteroatoms. The van der Waals surface area contributed by atoms with Gasteiger partial charge in [0.25, 0.3) is 11.8 Å². The molecule has 0 aromatic carbocycles. The molecule has 0 aliphatic heterocycles. The van der Waals surface area contributed by atoms with Gasteiger partial charge < -0.3 is 16.4 Å². The van der Waals surface area contributed by atoms with E-state index in [1.807, 2.05) is 0 Å². The molecule has 0 aromatic rings. The quantitative estimate of drug-likeness (QED) is 0.215. The largest absolute Gasteiger partial charge is 0.329 e. The van der Waals surface area contributed by atoms with E-state index in [0.29, 0.717) is 31.1 Å². The third-order valence-corrected chi connectivity index (χ3v) is 4.23. The molecule has 30 heavy (non-hydrogen) atoms. The van der Waals surface area contributed by atoms with Crippen LogP contribution in [0.4, 0.5) is 0 Å². The number of Topliss-reactive ketones (excluding diaryl/α,β-unsaturated/α-hetero) is 2. The molecule has 0 bridgehead atoms. The van der Waals surface area contributed by atoms with Crippen LogP contribution in [0.25, 0.3) is 0 Å². The molecule has 0 saturated heterocycles. The molecule has 0 aliphatic rings. The van der Waals surface area contributed by atoms with Gasteiger partial charge in [-0.25, -0.2) is 0 Å². The molecular formula is C22H34N4O4. The summed E-state index contributed by atoms with van der Waals surface area (Å²) < 4.78 is 0. The Labute approximate surface area is 178 Å². The highest BCUT2D eigenvalue weighted by molar-refractivity contribution is 6.28. The van der Waals surface area contributed by atoms with E-state index in [0.717, 1.165) is 0 Å². The Kier molecular flexibility index (Phi) is 11.0. The average Bonchev–Trinajstić information content (AvgIpc) is 2.67. The average molecular weight is 419 g/mol. The van der Waals surface area contributed by atoms with Crippen LogP contribution in [0.2, 0.25) is 0 Å². The fourth-order valence-corrected chi connectivity index (χ4v) is 2.75. The highest BCUT2D eigenvalue weighted by Gasteiger charge is 2.55. The van der Waals surface area contributed by atoms with Gasteiger partial charge in [0.05, 0.1) is 0 Å². The van der Waals surface area contributed by atoms with Crippen molar-refractivity contribution >= 4 is 23.4 Å². The second-order valence-electron chi connectivity index (χ2n) is 7.30. The number of carbonyl (C=O) groups excluding carboxylic acids is 4. The SMILES string of the molecule is C=C(C)C(=O)N(C(=O)C(=C)C)C(CNCCNCCN)(C(=O)C(=C)C)C(=O)C(=C)C. The summed E-state index contributed by atoms with van der Waals surface area (Å²) in [5.41, 5.74) is 3.24. The van der Waals surface area contributed by atoms with Gasteiger partial charge in [-0.1, -0.05) is 26.3 Å². The zero-order valence-electron chi connectivity index (χ0n) is 18.5. The number of nitrogens with two attached hydrogens (primary N) is 1. The molecule has 0 aliphatic carbocycles. The summed E-state index contributed by atoms with van der Waals surface area (Å²) in [4.78, 5) is 53.3. The highest BCUT2D eigenvalue weighted by atomic mass is 16.2. The number of hydrogen-bond acceptors (Lipinski definition) is 7. The summed E-state index contributed by atoms with van der Waals surface area (Å²) in [6.07, 6.45) is 0. The van der Waals surface area contributed by atoms with E-state index < -0.39 is 28.9 Å². The molecule has 0 radical (unpaired) electrons. The van der Waals surface area contributed by atoms with Crippen molar-refractivity contribution in [3.63, 3.8) is 0 Å². The van der Waals surface area contributed by atoms with Crippen molar-refractivity contribution in [2.75, 3.05) is 32.7 Å². The van der Waals surface area contributed by atoms with Gasteiger partial charge in [0.2, 0.25) is 0 Å². The number of ketones is 2. The molecule has 0 unspecified atom stereocenters. The minimum atomic E-state index is -2.20. The molecular weight excluding hydrogens is 384 g/mol. The topological polar surface area (TPSA) is 122 Å². The predicted octanol–water partition coefficient (Wildman–Crippen LogP) is 0.661. The lowest BCUT2D eigenvalue weighted by Crippen LogP contribution is -2.69. The fraction of sp³-hybridized carbons (Fsp3) is 0.455. The van der Waals surface area contributed by atoms with Gasteiger partial charge in [0.1, 0.15) is 0 Å². The number of nitrogens with zero attached hydrogens (tertiary/aromatic N) is 1. The van der Waals surface area contributed by atoms with Crippen LogP contribution in [-0.4, -0.2) is 66.5 Å². The molecule has 0 fully saturated rings. The van der Waals surface area contributed by atoms with E-state index in [9.17, 15) is 19.2 Å². The van der Waals surface area contributed by atoms with Gasteiger partial charge in [-0.15, -0.1) is 0 Å². The maximum Gasteiger partial charge on any atom is 0.257 e. The minimum absolute atomic E-state index is 0.0115. The summed E-state index contributed by atoms with van der Waals surface area (Å²) in [5, 5.41) is 6.06. The van der Waals surface area contributed by atoms with E-state index in [-0.39, 0.29) is 28.8 Å². The second kappa shape index (κ2) is 12.1. The van der Waals surface area contributed by atoms with Crippen molar-refractivity contribution in [2.45, 2.75) is 33.2 Å². The van der Waals surface area contributed by atoms with E-state index in [4.69, 9.17) is 5.73 Å². The first-order valence-electron chi connectivity index (χ1n) is 9.58. The fourth-order valence-electron chi connectivity index (χ4n) is 2.75. The number of imide groups is 1. The zero-order valence-corrected chi connectivity index (χ0v) is 18.5. The van der Waals surface area contributed by atoms with E-state index >= 15 is 0 Å². The van der Waals surface area contributed by atoms with Gasteiger partial charge in [-0.3, -0.25) is 24.1 Å². The lowest BCUT2D eigenvalue weighted by atomic mass is 9.80. The van der Waals surface area contributed by atoms with Crippen molar-refractivity contribution in [1.82, 2.24) is 15.5 Å². The van der Waals surface area contributed by atoms with Crippen molar-refractivity contribution in [2.24, 2.45) is 5.73 Å². The molecule has 4 N–H and O–H groups in total. The second-order valence-corrected chi connectivity index (χ2v) is 7.30. The first kappa shape index (κ1) is 27.3. The van der Waals surface area contributed by atoms with Gasteiger partial charge in [-0.2, -0.15) is 0 Å². The normalized spacial score (nSPS) is 10.8. The Morgan fingerprint density at radius 2 is 1.13 bits per heavy atom. The lowest BCUT2D eigenvalue weighted by molar-refractivity contribution is -0.157. The molecule has 8 nitrogen and oxygen atoms in total. The van der Waals surface area contributed by atoms with Crippen molar-refractivity contribution in [3.8, 4) is 0 Å². The number of hydrogen-bond donors (Lipinski definition) is 3. The van der Waals surface area contributed by atoms with Crippen molar-refractivity contribution in [3.05, 3.63) is 48.6 Å². The Morgan fingerprint density at radius 1 is 0.733 bits per heavy atom. The first-order chi connectivity index (χ1) is 13.9. The maximum absolute atomic E-state index is 13.3. The monoisotopic (exact) mass is 418 g/mol. The Bertz CT molecular complexity index is 715. The minimum Gasteiger partial charge on any atom is -0.329 e. The molecule has 0 rings (SSSR count). The molecule has 2 amide bonds. The van der Waals surface area contributed by atoms with Gasteiger partial charge in [0.15, 0.2) is 17.1 Å². The lowest BCUT2D eigenvalue weighted by Gasteiger charge is -2.41. The molecule has 0 saturated carbocycles. The van der Waals surface area contributed by atoms with Crippen LogP contribution in [0.3, 0.4) is 0 Å². The van der Waals surface area contributed by atoms with Crippen LogP contribution < -0.4 is 16.4 Å². The Morgan fingerprint density at radius 3 is 1.47 bits per heavy atom. The first-order valence-corrected chi connectivity index (χ1v) is 9.58. The summed E-state index contributed by atoms with van der Waals surface area (Å²) in [6, 6.07) is 0. The Hall–Kier alpha value is -2.68.